The third kappa shape index (κ3) is 45.1. The van der Waals surface area contributed by atoms with E-state index in [0.717, 1.165) is 38.5 Å². The van der Waals surface area contributed by atoms with Crippen LogP contribution in [0, 0.1) is 0 Å². The van der Waals surface area contributed by atoms with Crippen LogP contribution in [0.2, 0.25) is 0 Å². The van der Waals surface area contributed by atoms with Crippen molar-refractivity contribution in [2.75, 3.05) is 40.9 Å². The molecule has 0 radical (unpaired) electrons. The molecule has 8 nitrogen and oxygen atoms in total. The number of hydrogen-bond acceptors (Lipinski definition) is 6. The molecule has 0 aliphatic heterocycles. The van der Waals surface area contributed by atoms with Gasteiger partial charge < -0.3 is 28.8 Å². The van der Waals surface area contributed by atoms with Gasteiger partial charge in [-0.3, -0.25) is 9.36 Å². The topological polar surface area (TPSA) is 108 Å². The van der Waals surface area contributed by atoms with Gasteiger partial charge in [-0.25, -0.2) is 0 Å². The summed E-state index contributed by atoms with van der Waals surface area (Å²) in [5, 5.41) is 13.8. The van der Waals surface area contributed by atoms with Crippen LogP contribution in [0.3, 0.4) is 0 Å². The van der Waals surface area contributed by atoms with Crippen LogP contribution in [-0.2, 0) is 18.4 Å². The van der Waals surface area contributed by atoms with Gasteiger partial charge in [0.15, 0.2) is 0 Å². The Balaban J connectivity index is 4.01. The van der Waals surface area contributed by atoms with Crippen molar-refractivity contribution in [2.45, 2.75) is 264 Å². The van der Waals surface area contributed by atoms with Gasteiger partial charge in [-0.2, -0.15) is 0 Å². The number of nitrogens with one attached hydrogen (secondary N) is 1. The molecule has 2 N–H and O–H groups in total. The van der Waals surface area contributed by atoms with Crippen LogP contribution in [0.25, 0.3) is 0 Å². The van der Waals surface area contributed by atoms with Crippen molar-refractivity contribution in [3.8, 4) is 0 Å². The van der Waals surface area contributed by atoms with Gasteiger partial charge in [0.05, 0.1) is 39.9 Å². The molecule has 0 spiro atoms. The maximum absolute atomic E-state index is 12.8. The third-order valence-corrected chi connectivity index (χ3v) is 12.7. The van der Waals surface area contributed by atoms with Gasteiger partial charge in [-0.05, 0) is 19.3 Å². The lowest BCUT2D eigenvalue weighted by atomic mass is 10.0. The Morgan fingerprint density at radius 3 is 1.27 bits per heavy atom. The Morgan fingerprint density at radius 1 is 0.576 bits per heavy atom. The number of carbonyl (C=O) groups is 1. The summed E-state index contributed by atoms with van der Waals surface area (Å²) in [4.78, 5) is 25.2. The number of unbranched alkanes of at least 4 members (excludes halogenated alkanes) is 34. The molecule has 3 unspecified atom stereocenters. The molecular weight excluding hydrogens is 756 g/mol. The number of quaternary nitrogens is 1. The molecule has 0 aromatic rings. The number of likely N-dealkylation sites (N-methyl/N-ethyl adjacent to an activating group) is 1. The Labute approximate surface area is 367 Å². The van der Waals surface area contributed by atoms with Gasteiger partial charge in [-0.15, -0.1) is 0 Å². The maximum atomic E-state index is 12.8. The van der Waals surface area contributed by atoms with E-state index in [-0.39, 0.29) is 19.1 Å². The summed E-state index contributed by atoms with van der Waals surface area (Å²) in [5.74, 6) is -0.200. The smallest absolute Gasteiger partial charge is 0.268 e. The second-order valence-electron chi connectivity index (χ2n) is 18.9. The van der Waals surface area contributed by atoms with E-state index in [4.69, 9.17) is 9.05 Å². The standard InChI is InChI=1S/C50H101N2O6P/c1-6-8-10-12-14-16-17-18-19-20-21-22-23-24-25-26-27-28-29-30-31-32-33-34-35-36-37-39-41-43-49(53)48(47-58-59(55,56)57-46-45-52(3,4)5)51-50(54)44-42-40-38-15-13-11-9-7-2/h41,43,48-49,53H,6-40,42,44-47H2,1-5H3,(H-,51,54,55,56)/b43-41+. The van der Waals surface area contributed by atoms with E-state index in [1.165, 1.54) is 193 Å². The highest BCUT2D eigenvalue weighted by molar-refractivity contribution is 7.45. The Hall–Kier alpha value is -0.760. The zero-order valence-corrected chi connectivity index (χ0v) is 40.9. The number of aliphatic hydroxyl groups excluding tert-OH is 1. The van der Waals surface area contributed by atoms with Crippen molar-refractivity contribution < 1.29 is 32.9 Å². The molecule has 0 saturated heterocycles. The lowest BCUT2D eigenvalue weighted by molar-refractivity contribution is -0.870. The number of allylic oxidation sites excluding steroid dienone is 1. The summed E-state index contributed by atoms with van der Waals surface area (Å²) in [6.07, 6.45) is 50.2. The number of nitrogens with zero attached hydrogens (tertiary/aromatic N) is 1. The van der Waals surface area contributed by atoms with E-state index in [9.17, 15) is 19.4 Å². The minimum atomic E-state index is -4.58. The van der Waals surface area contributed by atoms with Crippen LogP contribution in [0.15, 0.2) is 12.2 Å². The van der Waals surface area contributed by atoms with Crippen LogP contribution in [0.5, 0.6) is 0 Å². The first-order valence-electron chi connectivity index (χ1n) is 25.6. The number of carbonyl (C=O) groups excluding carboxylic acids is 1. The summed E-state index contributed by atoms with van der Waals surface area (Å²) < 4.78 is 23.2. The van der Waals surface area contributed by atoms with E-state index in [1.807, 2.05) is 27.2 Å². The number of phosphoric acid groups is 1. The SMILES string of the molecule is CCCCCCCCCCCCCCCCCCCCCCCCCCCCC/C=C/C(O)C(COP(=O)([O-])OCC[N+](C)(C)C)NC(=O)CCCCCCCCCC. The fraction of sp³-hybridized carbons (Fsp3) is 0.940. The van der Waals surface area contributed by atoms with Crippen molar-refractivity contribution >= 4 is 13.7 Å². The highest BCUT2D eigenvalue weighted by atomic mass is 31.2. The molecule has 0 aromatic heterocycles. The van der Waals surface area contributed by atoms with Crippen LogP contribution >= 0.6 is 7.82 Å². The van der Waals surface area contributed by atoms with Gasteiger partial charge in [0.2, 0.25) is 5.91 Å². The minimum Gasteiger partial charge on any atom is -0.756 e. The normalized spacial score (nSPS) is 14.2. The largest absolute Gasteiger partial charge is 0.756 e. The Morgan fingerprint density at radius 2 is 0.915 bits per heavy atom. The van der Waals surface area contributed by atoms with Crippen molar-refractivity contribution in [3.63, 3.8) is 0 Å². The maximum Gasteiger partial charge on any atom is 0.268 e. The number of rotatable bonds is 47. The molecular formula is C50H101N2O6P. The third-order valence-electron chi connectivity index (χ3n) is 11.7. The summed E-state index contributed by atoms with van der Waals surface area (Å²) in [6.45, 7) is 4.63. The Kier molecular flexibility index (Phi) is 42.0. The molecule has 0 fully saturated rings. The van der Waals surface area contributed by atoms with Gasteiger partial charge in [-0.1, -0.05) is 238 Å². The number of amides is 1. The first kappa shape index (κ1) is 58.2. The highest BCUT2D eigenvalue weighted by Crippen LogP contribution is 2.38. The lowest BCUT2D eigenvalue weighted by Crippen LogP contribution is -2.45. The average Bonchev–Trinajstić information content (AvgIpc) is 3.19. The van der Waals surface area contributed by atoms with Crippen LogP contribution in [0.1, 0.15) is 251 Å². The molecule has 352 valence electrons. The fourth-order valence-corrected chi connectivity index (χ4v) is 8.41. The number of aliphatic hydroxyl groups is 1. The molecule has 0 aliphatic carbocycles. The molecule has 0 rings (SSSR count). The van der Waals surface area contributed by atoms with Crippen LogP contribution < -0.4 is 10.2 Å². The van der Waals surface area contributed by atoms with Crippen molar-refractivity contribution in [1.82, 2.24) is 5.32 Å². The molecule has 0 saturated carbocycles. The summed E-state index contributed by atoms with van der Waals surface area (Å²) >= 11 is 0. The molecule has 0 heterocycles. The highest BCUT2D eigenvalue weighted by Gasteiger charge is 2.23. The van der Waals surface area contributed by atoms with Crippen molar-refractivity contribution in [3.05, 3.63) is 12.2 Å². The molecule has 0 aromatic carbocycles. The average molecular weight is 857 g/mol. The van der Waals surface area contributed by atoms with Gasteiger partial charge in [0.1, 0.15) is 13.2 Å². The summed E-state index contributed by atoms with van der Waals surface area (Å²) in [6, 6.07) is -0.879. The van der Waals surface area contributed by atoms with Gasteiger partial charge >= 0.3 is 0 Å². The second-order valence-corrected chi connectivity index (χ2v) is 20.3. The molecule has 0 aliphatic rings. The predicted octanol–water partition coefficient (Wildman–Crippen LogP) is 14.1. The monoisotopic (exact) mass is 857 g/mol. The van der Waals surface area contributed by atoms with E-state index < -0.39 is 20.0 Å². The summed E-state index contributed by atoms with van der Waals surface area (Å²) in [7, 11) is 1.27. The summed E-state index contributed by atoms with van der Waals surface area (Å²) in [5.41, 5.74) is 0. The molecule has 1 amide bonds. The van der Waals surface area contributed by atoms with Gasteiger partial charge in [0.25, 0.3) is 7.82 Å². The molecule has 3 atom stereocenters. The first-order chi connectivity index (χ1) is 28.5. The minimum absolute atomic E-state index is 0.00184. The fourth-order valence-electron chi connectivity index (χ4n) is 7.68. The van der Waals surface area contributed by atoms with E-state index >= 15 is 0 Å². The zero-order chi connectivity index (χ0) is 43.6. The zero-order valence-electron chi connectivity index (χ0n) is 40.0. The van der Waals surface area contributed by atoms with Crippen LogP contribution in [-0.4, -0.2) is 68.5 Å². The molecule has 9 heteroatoms. The number of hydrogen-bond donors (Lipinski definition) is 2. The predicted molar refractivity (Wildman–Crippen MR) is 252 cm³/mol. The quantitative estimate of drug-likeness (QED) is 0.0273. The lowest BCUT2D eigenvalue weighted by Gasteiger charge is -2.29. The van der Waals surface area contributed by atoms with Crippen molar-refractivity contribution in [2.24, 2.45) is 0 Å². The molecule has 0 bridgehead atoms. The van der Waals surface area contributed by atoms with Gasteiger partial charge in [0, 0.05) is 6.42 Å². The van der Waals surface area contributed by atoms with E-state index in [0.29, 0.717) is 17.4 Å². The molecule has 59 heavy (non-hydrogen) atoms. The second kappa shape index (κ2) is 42.5. The van der Waals surface area contributed by atoms with E-state index in [1.54, 1.807) is 6.08 Å². The first-order valence-corrected chi connectivity index (χ1v) is 27.0. The van der Waals surface area contributed by atoms with E-state index in [2.05, 4.69) is 19.2 Å². The number of phosphoric ester groups is 1. The van der Waals surface area contributed by atoms with Crippen LogP contribution in [0.4, 0.5) is 0 Å². The van der Waals surface area contributed by atoms with Crippen molar-refractivity contribution in [1.29, 1.82) is 0 Å². The Bertz CT molecular complexity index is 974.